The van der Waals surface area contributed by atoms with Crippen LogP contribution in [0.15, 0.2) is 33.9 Å². The molecule has 0 atom stereocenters. The minimum absolute atomic E-state index is 0.0279. The minimum Gasteiger partial charge on any atom is -0.494 e. The standard InChI is InChI=1S/C29H44N2O4/c1-7-28(3,4)21-15-16-24(23(19-21)29(5,6)8-2)35-18-12-17-30-25(32)20-26(33)31(27(30)34)22-13-10-9-11-14-22/h15-16,19-20,22,32H,7-14,17-18H2,1-6H3. The Balaban J connectivity index is 1.77. The molecule has 2 aromatic rings. The highest BCUT2D eigenvalue weighted by Gasteiger charge is 2.27. The number of benzene rings is 1. The van der Waals surface area contributed by atoms with Gasteiger partial charge in [0.15, 0.2) is 0 Å². The molecule has 1 aromatic carbocycles. The summed E-state index contributed by atoms with van der Waals surface area (Å²) in [5, 5.41) is 10.3. The zero-order valence-corrected chi connectivity index (χ0v) is 22.5. The summed E-state index contributed by atoms with van der Waals surface area (Å²) in [6, 6.07) is 7.62. The average molecular weight is 485 g/mol. The van der Waals surface area contributed by atoms with Crippen molar-refractivity contribution >= 4 is 0 Å². The van der Waals surface area contributed by atoms with E-state index in [4.69, 9.17) is 4.74 Å². The molecule has 0 amide bonds. The molecule has 0 aliphatic heterocycles. The van der Waals surface area contributed by atoms with Crippen LogP contribution in [0.4, 0.5) is 0 Å². The van der Waals surface area contributed by atoms with Crippen LogP contribution >= 0.6 is 0 Å². The second kappa shape index (κ2) is 11.0. The Labute approximate surface area is 210 Å². The van der Waals surface area contributed by atoms with E-state index in [9.17, 15) is 14.7 Å². The van der Waals surface area contributed by atoms with Gasteiger partial charge in [-0.3, -0.25) is 13.9 Å². The van der Waals surface area contributed by atoms with Gasteiger partial charge in [0.1, 0.15) is 5.75 Å². The molecule has 1 aliphatic rings. The molecule has 1 saturated carbocycles. The molecule has 0 unspecified atom stereocenters. The molecule has 0 radical (unpaired) electrons. The highest BCUT2D eigenvalue weighted by atomic mass is 16.5. The van der Waals surface area contributed by atoms with Crippen LogP contribution in [0.5, 0.6) is 11.6 Å². The van der Waals surface area contributed by atoms with E-state index < -0.39 is 11.2 Å². The first-order valence-electron chi connectivity index (χ1n) is 13.3. The van der Waals surface area contributed by atoms with Crippen molar-refractivity contribution in [2.24, 2.45) is 0 Å². The lowest BCUT2D eigenvalue weighted by atomic mass is 9.76. The number of hydrogen-bond donors (Lipinski definition) is 1. The fourth-order valence-electron chi connectivity index (χ4n) is 4.87. The summed E-state index contributed by atoms with van der Waals surface area (Å²) in [6.07, 6.45) is 7.46. The molecule has 194 valence electrons. The van der Waals surface area contributed by atoms with Crippen LogP contribution in [0.2, 0.25) is 0 Å². The first kappa shape index (κ1) is 27.1. The Hall–Kier alpha value is -2.50. The van der Waals surface area contributed by atoms with Gasteiger partial charge < -0.3 is 9.84 Å². The fourth-order valence-corrected chi connectivity index (χ4v) is 4.87. The van der Waals surface area contributed by atoms with E-state index in [2.05, 4.69) is 59.7 Å². The minimum atomic E-state index is -0.416. The Morgan fingerprint density at radius 3 is 2.26 bits per heavy atom. The number of nitrogens with zero attached hydrogens (tertiary/aromatic N) is 2. The number of ether oxygens (including phenoxy) is 1. The van der Waals surface area contributed by atoms with Gasteiger partial charge in [0.05, 0.1) is 12.7 Å². The van der Waals surface area contributed by atoms with Crippen molar-refractivity contribution < 1.29 is 9.84 Å². The SMILES string of the molecule is CCC(C)(C)c1ccc(OCCCn2c(O)cc(=O)n(C3CCCCC3)c2=O)c(C(C)(C)CC)c1. The fraction of sp³-hybridized carbons (Fsp3) is 0.655. The van der Waals surface area contributed by atoms with Crippen LogP contribution in [0.25, 0.3) is 0 Å². The highest BCUT2D eigenvalue weighted by molar-refractivity contribution is 5.44. The molecule has 1 fully saturated rings. The Kier molecular flexibility index (Phi) is 8.55. The molecule has 1 heterocycles. The van der Waals surface area contributed by atoms with Crippen LogP contribution in [0.3, 0.4) is 0 Å². The molecule has 0 spiro atoms. The van der Waals surface area contributed by atoms with Crippen LogP contribution < -0.4 is 16.0 Å². The molecule has 1 aromatic heterocycles. The average Bonchev–Trinajstić information content (AvgIpc) is 2.83. The van der Waals surface area contributed by atoms with Crippen molar-refractivity contribution in [3.8, 4) is 11.6 Å². The van der Waals surface area contributed by atoms with Crippen molar-refractivity contribution in [2.75, 3.05) is 6.61 Å². The highest BCUT2D eigenvalue weighted by Crippen LogP contribution is 2.38. The van der Waals surface area contributed by atoms with E-state index in [1.54, 1.807) is 0 Å². The van der Waals surface area contributed by atoms with Crippen LogP contribution in [0, 0.1) is 0 Å². The first-order valence-corrected chi connectivity index (χ1v) is 13.3. The largest absolute Gasteiger partial charge is 0.494 e. The Morgan fingerprint density at radius 1 is 0.971 bits per heavy atom. The van der Waals surface area contributed by atoms with Gasteiger partial charge in [-0.1, -0.05) is 72.9 Å². The maximum atomic E-state index is 13.1. The predicted octanol–water partition coefficient (Wildman–Crippen LogP) is 6.07. The normalized spacial score (nSPS) is 15.4. The molecule has 1 N–H and O–H groups in total. The van der Waals surface area contributed by atoms with Crippen LogP contribution in [0.1, 0.15) is 110 Å². The zero-order valence-electron chi connectivity index (χ0n) is 22.5. The predicted molar refractivity (Wildman–Crippen MR) is 142 cm³/mol. The van der Waals surface area contributed by atoms with E-state index in [1.807, 2.05) is 0 Å². The molecule has 6 heteroatoms. The third kappa shape index (κ3) is 6.02. The molecular formula is C29H44N2O4. The lowest BCUT2D eigenvalue weighted by Gasteiger charge is -2.30. The van der Waals surface area contributed by atoms with Gasteiger partial charge in [-0.15, -0.1) is 0 Å². The van der Waals surface area contributed by atoms with Crippen molar-refractivity contribution in [1.82, 2.24) is 9.13 Å². The van der Waals surface area contributed by atoms with Gasteiger partial charge in [0.25, 0.3) is 5.56 Å². The monoisotopic (exact) mass is 484 g/mol. The van der Waals surface area contributed by atoms with Gasteiger partial charge in [-0.25, -0.2) is 4.79 Å². The summed E-state index contributed by atoms with van der Waals surface area (Å²) in [7, 11) is 0. The maximum absolute atomic E-state index is 13.1. The van der Waals surface area contributed by atoms with Gasteiger partial charge in [-0.05, 0) is 54.6 Å². The van der Waals surface area contributed by atoms with Gasteiger partial charge in [0.2, 0.25) is 5.88 Å². The number of aromatic hydroxyl groups is 1. The van der Waals surface area contributed by atoms with E-state index in [0.717, 1.165) is 50.7 Å². The van der Waals surface area contributed by atoms with Gasteiger partial charge in [0, 0.05) is 18.2 Å². The molecule has 6 nitrogen and oxygen atoms in total. The lowest BCUT2D eigenvalue weighted by molar-refractivity contribution is 0.278. The summed E-state index contributed by atoms with van der Waals surface area (Å²) >= 11 is 0. The van der Waals surface area contributed by atoms with E-state index in [0.29, 0.717) is 19.6 Å². The molecule has 0 bridgehead atoms. The number of rotatable bonds is 10. The molecule has 35 heavy (non-hydrogen) atoms. The van der Waals surface area contributed by atoms with E-state index in [-0.39, 0.29) is 22.8 Å². The summed E-state index contributed by atoms with van der Waals surface area (Å²) in [4.78, 5) is 25.6. The van der Waals surface area contributed by atoms with Crippen molar-refractivity contribution in [3.63, 3.8) is 0 Å². The second-order valence-corrected chi connectivity index (χ2v) is 11.3. The summed E-state index contributed by atoms with van der Waals surface area (Å²) < 4.78 is 8.88. The van der Waals surface area contributed by atoms with Crippen LogP contribution in [-0.2, 0) is 17.4 Å². The molecular weight excluding hydrogens is 440 g/mol. The van der Waals surface area contributed by atoms with Crippen molar-refractivity contribution in [3.05, 3.63) is 56.2 Å². The topological polar surface area (TPSA) is 73.5 Å². The Bertz CT molecular complexity index is 1120. The summed E-state index contributed by atoms with van der Waals surface area (Å²) in [5.41, 5.74) is 1.75. The molecule has 1 aliphatic carbocycles. The Morgan fingerprint density at radius 2 is 1.63 bits per heavy atom. The smallest absolute Gasteiger partial charge is 0.334 e. The summed E-state index contributed by atoms with van der Waals surface area (Å²) in [6.45, 7) is 14.1. The third-order valence-electron chi connectivity index (χ3n) is 8.18. The third-order valence-corrected chi connectivity index (χ3v) is 8.18. The first-order chi connectivity index (χ1) is 16.5. The summed E-state index contributed by atoms with van der Waals surface area (Å²) in [5.74, 6) is 0.599. The second-order valence-electron chi connectivity index (χ2n) is 11.3. The molecule has 3 rings (SSSR count). The van der Waals surface area contributed by atoms with Crippen LogP contribution in [-0.4, -0.2) is 20.8 Å². The van der Waals surface area contributed by atoms with Gasteiger partial charge >= 0.3 is 5.69 Å². The van der Waals surface area contributed by atoms with E-state index in [1.165, 1.54) is 26.3 Å². The van der Waals surface area contributed by atoms with Gasteiger partial charge in [-0.2, -0.15) is 0 Å². The van der Waals surface area contributed by atoms with E-state index >= 15 is 0 Å². The van der Waals surface area contributed by atoms with Crippen molar-refractivity contribution in [1.29, 1.82) is 0 Å². The zero-order chi connectivity index (χ0) is 25.8. The number of hydrogen-bond acceptors (Lipinski definition) is 4. The maximum Gasteiger partial charge on any atom is 0.334 e. The molecule has 0 saturated heterocycles. The van der Waals surface area contributed by atoms with Crippen molar-refractivity contribution in [2.45, 2.75) is 116 Å². The lowest BCUT2D eigenvalue weighted by Crippen LogP contribution is -2.42. The number of aromatic nitrogens is 2. The quantitative estimate of drug-likeness (QED) is 0.416.